The molecule has 3 heteroatoms. The summed E-state index contributed by atoms with van der Waals surface area (Å²) in [5.41, 5.74) is 0.430. The number of Topliss-reactive ketones (excluding diaryl/α,β-unsaturated/α-hetero) is 1. The van der Waals surface area contributed by atoms with E-state index < -0.39 is 5.60 Å². The molecular formula is C13H17NO2. The van der Waals surface area contributed by atoms with Crippen LogP contribution in [0, 0.1) is 0 Å². The Morgan fingerprint density at radius 2 is 2.19 bits per heavy atom. The second-order valence-corrected chi connectivity index (χ2v) is 4.55. The first-order valence-electron chi connectivity index (χ1n) is 5.72. The Kier molecular flexibility index (Phi) is 3.06. The van der Waals surface area contributed by atoms with Crippen molar-refractivity contribution in [3.63, 3.8) is 0 Å². The number of ketones is 1. The molecule has 3 nitrogen and oxygen atoms in total. The number of carbonyl (C=O) groups excluding carboxylic acids is 1. The summed E-state index contributed by atoms with van der Waals surface area (Å²) in [6.45, 7) is 4.54. The second kappa shape index (κ2) is 4.34. The number of hydrogen-bond acceptors (Lipinski definition) is 3. The Bertz CT molecular complexity index is 369. The monoisotopic (exact) mass is 219 g/mol. The number of ether oxygens (including phenoxy) is 1. The van der Waals surface area contributed by atoms with Crippen LogP contribution in [0.1, 0.15) is 38.2 Å². The predicted molar refractivity (Wildman–Crippen MR) is 61.3 cm³/mol. The van der Waals surface area contributed by atoms with Gasteiger partial charge in [0.25, 0.3) is 0 Å². The molecule has 1 aliphatic rings. The molecule has 0 N–H and O–H groups in total. The lowest BCUT2D eigenvalue weighted by Crippen LogP contribution is -2.37. The molecule has 1 aromatic heterocycles. The average Bonchev–Trinajstić information content (AvgIpc) is 2.77. The second-order valence-electron chi connectivity index (χ2n) is 4.55. The van der Waals surface area contributed by atoms with Crippen molar-refractivity contribution < 1.29 is 9.53 Å². The summed E-state index contributed by atoms with van der Waals surface area (Å²) < 4.78 is 5.58. The predicted octanol–water partition coefficient (Wildman–Crippen LogP) is 2.32. The molecule has 1 fully saturated rings. The third-order valence-electron chi connectivity index (χ3n) is 3.34. The van der Waals surface area contributed by atoms with E-state index >= 15 is 0 Å². The Labute approximate surface area is 95.8 Å². The first kappa shape index (κ1) is 11.3. The maximum Gasteiger partial charge on any atom is 0.171 e. The molecule has 2 rings (SSSR count). The average molecular weight is 219 g/mol. The summed E-state index contributed by atoms with van der Waals surface area (Å²) >= 11 is 0. The van der Waals surface area contributed by atoms with E-state index in [1.165, 1.54) is 0 Å². The third kappa shape index (κ3) is 2.00. The highest BCUT2D eigenvalue weighted by molar-refractivity contribution is 5.92. The standard InChI is InChI=1S/C13H17NO2/c1-10(11-4-7-14-8-5-11)12(15)13(2)6-3-9-16-13/h4-5,7-8,10H,3,6,9H2,1-2H3. The van der Waals surface area contributed by atoms with Crippen LogP contribution in [0.2, 0.25) is 0 Å². The lowest BCUT2D eigenvalue weighted by atomic mass is 9.85. The van der Waals surface area contributed by atoms with Crippen LogP contribution in [-0.4, -0.2) is 23.0 Å². The topological polar surface area (TPSA) is 39.2 Å². The van der Waals surface area contributed by atoms with Gasteiger partial charge in [0.2, 0.25) is 0 Å². The molecule has 0 aromatic carbocycles. The van der Waals surface area contributed by atoms with E-state index in [1.54, 1.807) is 12.4 Å². The van der Waals surface area contributed by atoms with Crippen LogP contribution in [0.15, 0.2) is 24.5 Å². The molecular weight excluding hydrogens is 202 g/mol. The maximum atomic E-state index is 12.3. The molecule has 2 unspecified atom stereocenters. The van der Waals surface area contributed by atoms with Gasteiger partial charge in [0.05, 0.1) is 0 Å². The van der Waals surface area contributed by atoms with Gasteiger partial charge in [-0.3, -0.25) is 9.78 Å². The normalized spacial score (nSPS) is 26.6. The van der Waals surface area contributed by atoms with Crippen LogP contribution in [-0.2, 0) is 9.53 Å². The van der Waals surface area contributed by atoms with Gasteiger partial charge in [-0.05, 0) is 37.5 Å². The van der Waals surface area contributed by atoms with Gasteiger partial charge in [0.15, 0.2) is 5.78 Å². The number of carbonyl (C=O) groups is 1. The van der Waals surface area contributed by atoms with E-state index in [-0.39, 0.29) is 11.7 Å². The lowest BCUT2D eigenvalue weighted by molar-refractivity contribution is -0.138. The van der Waals surface area contributed by atoms with Gasteiger partial charge in [-0.15, -0.1) is 0 Å². The first-order chi connectivity index (χ1) is 7.63. The summed E-state index contributed by atoms with van der Waals surface area (Å²) in [4.78, 5) is 16.3. The first-order valence-corrected chi connectivity index (χ1v) is 5.72. The quantitative estimate of drug-likeness (QED) is 0.783. The molecule has 86 valence electrons. The van der Waals surface area contributed by atoms with Crippen LogP contribution in [0.5, 0.6) is 0 Å². The molecule has 1 aromatic rings. The number of aromatic nitrogens is 1. The molecule has 0 radical (unpaired) electrons. The zero-order chi connectivity index (χ0) is 11.6. The minimum Gasteiger partial charge on any atom is -0.367 e. The fourth-order valence-electron chi connectivity index (χ4n) is 2.23. The highest BCUT2D eigenvalue weighted by Crippen LogP contribution is 2.31. The molecule has 2 heterocycles. The van der Waals surface area contributed by atoms with Crippen LogP contribution >= 0.6 is 0 Å². The van der Waals surface area contributed by atoms with Crippen LogP contribution < -0.4 is 0 Å². The number of hydrogen-bond donors (Lipinski definition) is 0. The summed E-state index contributed by atoms with van der Waals surface area (Å²) in [5.74, 6) is 0.0577. The lowest BCUT2D eigenvalue weighted by Gasteiger charge is -2.25. The van der Waals surface area contributed by atoms with Crippen LogP contribution in [0.3, 0.4) is 0 Å². The van der Waals surface area contributed by atoms with Crippen molar-refractivity contribution in [1.82, 2.24) is 4.98 Å². The zero-order valence-corrected chi connectivity index (χ0v) is 9.77. The molecule has 1 aliphatic heterocycles. The minimum absolute atomic E-state index is 0.119. The van der Waals surface area contributed by atoms with E-state index in [2.05, 4.69) is 4.98 Å². The Hall–Kier alpha value is -1.22. The van der Waals surface area contributed by atoms with Gasteiger partial charge >= 0.3 is 0 Å². The minimum atomic E-state index is -0.581. The fraction of sp³-hybridized carbons (Fsp3) is 0.538. The van der Waals surface area contributed by atoms with Crippen LogP contribution in [0.4, 0.5) is 0 Å². The Morgan fingerprint density at radius 1 is 1.50 bits per heavy atom. The highest BCUT2D eigenvalue weighted by atomic mass is 16.5. The molecule has 0 saturated carbocycles. The van der Waals surface area contributed by atoms with Gasteiger partial charge in [0.1, 0.15) is 5.60 Å². The maximum absolute atomic E-state index is 12.3. The number of nitrogens with zero attached hydrogens (tertiary/aromatic N) is 1. The molecule has 0 spiro atoms. The molecule has 0 amide bonds. The number of rotatable bonds is 3. The van der Waals surface area contributed by atoms with E-state index in [0.29, 0.717) is 6.61 Å². The molecule has 1 saturated heterocycles. The fourth-order valence-corrected chi connectivity index (χ4v) is 2.23. The smallest absolute Gasteiger partial charge is 0.171 e. The van der Waals surface area contributed by atoms with Crippen molar-refractivity contribution in [1.29, 1.82) is 0 Å². The zero-order valence-electron chi connectivity index (χ0n) is 9.77. The molecule has 16 heavy (non-hydrogen) atoms. The highest BCUT2D eigenvalue weighted by Gasteiger charge is 2.40. The van der Waals surface area contributed by atoms with Gasteiger partial charge in [-0.1, -0.05) is 6.92 Å². The van der Waals surface area contributed by atoms with Gasteiger partial charge in [0, 0.05) is 24.9 Å². The molecule has 0 aliphatic carbocycles. The SMILES string of the molecule is CC(C(=O)C1(C)CCCO1)c1ccncc1. The summed E-state index contributed by atoms with van der Waals surface area (Å²) in [7, 11) is 0. The van der Waals surface area contributed by atoms with E-state index in [1.807, 2.05) is 26.0 Å². The Balaban J connectivity index is 2.16. The summed E-state index contributed by atoms with van der Waals surface area (Å²) in [5, 5.41) is 0. The largest absolute Gasteiger partial charge is 0.367 e. The van der Waals surface area contributed by atoms with Crippen molar-refractivity contribution in [3.05, 3.63) is 30.1 Å². The van der Waals surface area contributed by atoms with Crippen molar-refractivity contribution in [3.8, 4) is 0 Å². The molecule has 0 bridgehead atoms. The van der Waals surface area contributed by atoms with E-state index in [4.69, 9.17) is 4.74 Å². The van der Waals surface area contributed by atoms with Gasteiger partial charge < -0.3 is 4.74 Å². The van der Waals surface area contributed by atoms with Gasteiger partial charge in [-0.2, -0.15) is 0 Å². The molecule has 2 atom stereocenters. The summed E-state index contributed by atoms with van der Waals surface area (Å²) in [6, 6.07) is 3.78. The van der Waals surface area contributed by atoms with E-state index in [9.17, 15) is 4.79 Å². The van der Waals surface area contributed by atoms with Crippen molar-refractivity contribution >= 4 is 5.78 Å². The van der Waals surface area contributed by atoms with Crippen molar-refractivity contribution in [2.24, 2.45) is 0 Å². The van der Waals surface area contributed by atoms with E-state index in [0.717, 1.165) is 18.4 Å². The summed E-state index contributed by atoms with van der Waals surface area (Å²) in [6.07, 6.45) is 5.25. The number of pyridine rings is 1. The van der Waals surface area contributed by atoms with Gasteiger partial charge in [-0.25, -0.2) is 0 Å². The Morgan fingerprint density at radius 3 is 2.75 bits per heavy atom. The third-order valence-corrected chi connectivity index (χ3v) is 3.34. The van der Waals surface area contributed by atoms with Crippen molar-refractivity contribution in [2.75, 3.05) is 6.61 Å². The van der Waals surface area contributed by atoms with Crippen LogP contribution in [0.25, 0.3) is 0 Å². The van der Waals surface area contributed by atoms with Crippen molar-refractivity contribution in [2.45, 2.75) is 38.2 Å².